The fraction of sp³-hybridized carbons (Fsp3) is 0.0769. The van der Waals surface area contributed by atoms with E-state index in [1.165, 1.54) is 12.1 Å². The highest BCUT2D eigenvalue weighted by Crippen LogP contribution is 2.27. The summed E-state index contributed by atoms with van der Waals surface area (Å²) < 4.78 is 53.1. The number of benzene rings is 2. The van der Waals surface area contributed by atoms with E-state index in [9.17, 15) is 17.6 Å². The Kier molecular flexibility index (Phi) is 3.78. The Morgan fingerprint density at radius 1 is 0.842 bits per heavy atom. The van der Waals surface area contributed by atoms with Crippen LogP contribution in [0.15, 0.2) is 30.3 Å². The van der Waals surface area contributed by atoms with Gasteiger partial charge in [-0.15, -0.1) is 0 Å². The van der Waals surface area contributed by atoms with E-state index in [0.29, 0.717) is 0 Å². The maximum Gasteiger partial charge on any atom is 0.194 e. The summed E-state index contributed by atoms with van der Waals surface area (Å²) >= 11 is 5.58. The molecule has 6 heteroatoms. The summed E-state index contributed by atoms with van der Waals surface area (Å²) in [6.45, 7) is 0. The zero-order valence-corrected chi connectivity index (χ0v) is 10.2. The summed E-state index contributed by atoms with van der Waals surface area (Å²) in [6.07, 6.45) is 0. The minimum absolute atomic E-state index is 0.0608. The van der Waals surface area contributed by atoms with E-state index in [0.717, 1.165) is 18.2 Å². The van der Waals surface area contributed by atoms with Crippen LogP contribution in [0, 0.1) is 23.3 Å². The van der Waals surface area contributed by atoms with Crippen molar-refractivity contribution in [2.45, 2.75) is 6.04 Å². The average Bonchev–Trinajstić information content (AvgIpc) is 2.35. The van der Waals surface area contributed by atoms with Gasteiger partial charge in [-0.25, -0.2) is 17.6 Å². The SMILES string of the molecule is NC(c1ccc(Cl)cc1F)c1ccc(F)c(F)c1F. The molecular weight excluding hydrogens is 282 g/mol. The molecule has 1 nitrogen and oxygen atoms in total. The van der Waals surface area contributed by atoms with E-state index >= 15 is 0 Å². The van der Waals surface area contributed by atoms with Crippen molar-refractivity contribution in [3.63, 3.8) is 0 Å². The Bertz CT molecular complexity index is 630. The fourth-order valence-electron chi connectivity index (χ4n) is 1.70. The summed E-state index contributed by atoms with van der Waals surface area (Å²) in [5.41, 5.74) is 5.28. The lowest BCUT2D eigenvalue weighted by molar-refractivity contribution is 0.437. The molecular formula is C13H8ClF4N. The fourth-order valence-corrected chi connectivity index (χ4v) is 1.86. The molecule has 2 aromatic rings. The molecule has 0 amide bonds. The largest absolute Gasteiger partial charge is 0.320 e. The van der Waals surface area contributed by atoms with Crippen LogP contribution in [0.25, 0.3) is 0 Å². The number of hydrogen-bond acceptors (Lipinski definition) is 1. The Hall–Kier alpha value is -1.59. The Morgan fingerprint density at radius 2 is 1.47 bits per heavy atom. The predicted molar refractivity (Wildman–Crippen MR) is 63.8 cm³/mol. The van der Waals surface area contributed by atoms with Gasteiger partial charge in [0.1, 0.15) is 5.82 Å². The maximum atomic E-state index is 13.6. The number of halogens is 5. The van der Waals surface area contributed by atoms with Gasteiger partial charge in [-0.2, -0.15) is 0 Å². The second-order valence-corrected chi connectivity index (χ2v) is 4.34. The third-order valence-corrected chi connectivity index (χ3v) is 2.93. The molecule has 0 aliphatic rings. The Labute approximate surface area is 111 Å². The molecule has 0 aliphatic carbocycles. The average molecular weight is 290 g/mol. The summed E-state index contributed by atoms with van der Waals surface area (Å²) in [5, 5.41) is 0.152. The van der Waals surface area contributed by atoms with E-state index in [1.54, 1.807) is 0 Å². The van der Waals surface area contributed by atoms with Crippen LogP contribution in [-0.2, 0) is 0 Å². The second kappa shape index (κ2) is 5.19. The molecule has 0 saturated heterocycles. The van der Waals surface area contributed by atoms with Crippen molar-refractivity contribution < 1.29 is 17.6 Å². The lowest BCUT2D eigenvalue weighted by Gasteiger charge is -2.15. The summed E-state index contributed by atoms with van der Waals surface area (Å²) in [4.78, 5) is 0. The molecule has 0 spiro atoms. The predicted octanol–water partition coefficient (Wildman–Crippen LogP) is 3.94. The third kappa shape index (κ3) is 2.57. The van der Waals surface area contributed by atoms with Crippen molar-refractivity contribution in [1.82, 2.24) is 0 Å². The van der Waals surface area contributed by atoms with Gasteiger partial charge in [-0.05, 0) is 18.2 Å². The quantitative estimate of drug-likeness (QED) is 0.657. The summed E-state index contributed by atoms with van der Waals surface area (Å²) in [5.74, 6) is -5.14. The molecule has 2 aromatic carbocycles. The van der Waals surface area contributed by atoms with Gasteiger partial charge in [0.25, 0.3) is 0 Å². The molecule has 0 radical (unpaired) electrons. The van der Waals surface area contributed by atoms with Gasteiger partial charge >= 0.3 is 0 Å². The third-order valence-electron chi connectivity index (χ3n) is 2.70. The molecule has 100 valence electrons. The van der Waals surface area contributed by atoms with Crippen molar-refractivity contribution in [1.29, 1.82) is 0 Å². The van der Waals surface area contributed by atoms with Crippen LogP contribution in [0.4, 0.5) is 17.6 Å². The van der Waals surface area contributed by atoms with Crippen LogP contribution in [0.5, 0.6) is 0 Å². The van der Waals surface area contributed by atoms with Gasteiger partial charge in [-0.3, -0.25) is 0 Å². The van der Waals surface area contributed by atoms with E-state index in [2.05, 4.69) is 0 Å². The van der Waals surface area contributed by atoms with Gasteiger partial charge in [0.2, 0.25) is 0 Å². The van der Waals surface area contributed by atoms with Gasteiger partial charge in [0.05, 0.1) is 6.04 Å². The standard InChI is InChI=1S/C13H8ClF4N/c14-6-1-2-7(10(16)5-6)13(19)8-3-4-9(15)12(18)11(8)17/h1-5,13H,19H2. The van der Waals surface area contributed by atoms with Gasteiger partial charge < -0.3 is 5.73 Å². The van der Waals surface area contributed by atoms with E-state index in [1.807, 2.05) is 0 Å². The first-order valence-electron chi connectivity index (χ1n) is 5.25. The van der Waals surface area contributed by atoms with Crippen LogP contribution in [0.1, 0.15) is 17.2 Å². The normalized spacial score (nSPS) is 12.5. The number of rotatable bonds is 2. The van der Waals surface area contributed by atoms with Crippen LogP contribution in [-0.4, -0.2) is 0 Å². The highest BCUT2D eigenvalue weighted by atomic mass is 35.5. The molecule has 0 fully saturated rings. The minimum Gasteiger partial charge on any atom is -0.320 e. The molecule has 19 heavy (non-hydrogen) atoms. The van der Waals surface area contributed by atoms with Gasteiger partial charge in [0.15, 0.2) is 17.5 Å². The molecule has 0 bridgehead atoms. The molecule has 0 aliphatic heterocycles. The second-order valence-electron chi connectivity index (χ2n) is 3.91. The van der Waals surface area contributed by atoms with Crippen LogP contribution in [0.2, 0.25) is 5.02 Å². The number of hydrogen-bond donors (Lipinski definition) is 1. The monoisotopic (exact) mass is 289 g/mol. The zero-order chi connectivity index (χ0) is 14.2. The smallest absolute Gasteiger partial charge is 0.194 e. The lowest BCUT2D eigenvalue weighted by Crippen LogP contribution is -2.16. The van der Waals surface area contributed by atoms with Crippen LogP contribution < -0.4 is 5.73 Å². The first kappa shape index (κ1) is 13.8. The van der Waals surface area contributed by atoms with Crippen molar-refractivity contribution >= 4 is 11.6 Å². The van der Waals surface area contributed by atoms with E-state index < -0.39 is 29.3 Å². The maximum absolute atomic E-state index is 13.6. The van der Waals surface area contributed by atoms with E-state index in [4.69, 9.17) is 17.3 Å². The molecule has 0 heterocycles. The Balaban J connectivity index is 2.50. The minimum atomic E-state index is -1.64. The van der Waals surface area contributed by atoms with Crippen LogP contribution in [0.3, 0.4) is 0 Å². The van der Waals surface area contributed by atoms with Crippen molar-refractivity contribution in [2.75, 3.05) is 0 Å². The summed E-state index contributed by atoms with van der Waals surface area (Å²) in [7, 11) is 0. The van der Waals surface area contributed by atoms with Crippen molar-refractivity contribution in [3.05, 3.63) is 69.8 Å². The zero-order valence-electron chi connectivity index (χ0n) is 9.43. The van der Waals surface area contributed by atoms with Crippen molar-refractivity contribution in [2.24, 2.45) is 5.73 Å². The molecule has 0 saturated carbocycles. The van der Waals surface area contributed by atoms with Gasteiger partial charge in [0, 0.05) is 16.1 Å². The van der Waals surface area contributed by atoms with Crippen LogP contribution >= 0.6 is 11.6 Å². The van der Waals surface area contributed by atoms with Crippen molar-refractivity contribution in [3.8, 4) is 0 Å². The Morgan fingerprint density at radius 3 is 2.11 bits per heavy atom. The van der Waals surface area contributed by atoms with E-state index in [-0.39, 0.29) is 16.1 Å². The topological polar surface area (TPSA) is 26.0 Å². The number of nitrogens with two attached hydrogens (primary N) is 1. The first-order valence-corrected chi connectivity index (χ1v) is 5.63. The van der Waals surface area contributed by atoms with Gasteiger partial charge in [-0.1, -0.05) is 23.7 Å². The molecule has 1 atom stereocenters. The highest BCUT2D eigenvalue weighted by Gasteiger charge is 2.21. The first-order chi connectivity index (χ1) is 8.91. The molecule has 2 N–H and O–H groups in total. The highest BCUT2D eigenvalue weighted by molar-refractivity contribution is 6.30. The molecule has 2 rings (SSSR count). The lowest BCUT2D eigenvalue weighted by atomic mass is 9.98. The molecule has 0 aromatic heterocycles. The molecule has 1 unspecified atom stereocenters. The summed E-state index contributed by atoms with van der Waals surface area (Å²) in [6, 6.07) is 4.11.